The van der Waals surface area contributed by atoms with Gasteiger partial charge in [-0.15, -0.1) is 0 Å². The lowest BCUT2D eigenvalue weighted by atomic mass is 10.0. The molecule has 3 aliphatic carbocycles. The Labute approximate surface area is 255 Å². The van der Waals surface area contributed by atoms with Crippen LogP contribution in [0, 0.1) is 11.8 Å². The van der Waals surface area contributed by atoms with E-state index in [0.29, 0.717) is 23.0 Å². The van der Waals surface area contributed by atoms with Crippen molar-refractivity contribution in [1.29, 1.82) is 0 Å². The summed E-state index contributed by atoms with van der Waals surface area (Å²) in [5.41, 5.74) is 0.995. The second-order valence-electron chi connectivity index (χ2n) is 12.7. The molecule has 0 radical (unpaired) electrons. The van der Waals surface area contributed by atoms with E-state index in [9.17, 15) is 31.1 Å². The first kappa shape index (κ1) is 29.7. The third-order valence-electron chi connectivity index (χ3n) is 8.91. The maximum atomic E-state index is 13.8. The van der Waals surface area contributed by atoms with Crippen LogP contribution in [-0.2, 0) is 38.3 Å². The number of alkyl halides is 6. The van der Waals surface area contributed by atoms with Gasteiger partial charge in [0.25, 0.3) is 0 Å². The predicted octanol–water partition coefficient (Wildman–Crippen LogP) is 7.88. The van der Waals surface area contributed by atoms with E-state index in [1.54, 1.807) is 23.1 Å². The zero-order valence-corrected chi connectivity index (χ0v) is 24.4. The van der Waals surface area contributed by atoms with Gasteiger partial charge in [-0.3, -0.25) is 4.98 Å². The van der Waals surface area contributed by atoms with Crippen LogP contribution in [0.15, 0.2) is 51.7 Å². The van der Waals surface area contributed by atoms with E-state index in [0.717, 1.165) is 92.8 Å². The second-order valence-corrected chi connectivity index (χ2v) is 12.7. The van der Waals surface area contributed by atoms with Crippen molar-refractivity contribution >= 4 is 22.6 Å². The van der Waals surface area contributed by atoms with Crippen molar-refractivity contribution in [1.82, 2.24) is 9.97 Å². The number of hydrogen-bond acceptors (Lipinski definition) is 5. The van der Waals surface area contributed by atoms with Gasteiger partial charge < -0.3 is 14.2 Å². The average Bonchev–Trinajstić information content (AvgIpc) is 3.89. The molecule has 7 rings (SSSR count). The number of aromatic nitrogens is 2. The fourth-order valence-electron chi connectivity index (χ4n) is 6.34. The van der Waals surface area contributed by atoms with Crippen molar-refractivity contribution < 1.29 is 30.8 Å². The molecule has 238 valence electrons. The first-order chi connectivity index (χ1) is 21.4. The van der Waals surface area contributed by atoms with Crippen molar-refractivity contribution in [3.05, 3.63) is 86.5 Å². The van der Waals surface area contributed by atoms with Gasteiger partial charge in [0.2, 0.25) is 0 Å². The normalized spacial score (nSPS) is 16.8. The van der Waals surface area contributed by atoms with Crippen molar-refractivity contribution in [3.8, 4) is 0 Å². The quantitative estimate of drug-likeness (QED) is 0.181. The van der Waals surface area contributed by atoms with Gasteiger partial charge >= 0.3 is 18.1 Å². The standard InChI is InChI=1S/C33H32F6N4O2/c34-32(35,36)24-11-21(12-25(14-24)33(37,38)39)17-42(28-6-2-5-27-29(28)45-31(44)41-27)18-23-13-22-3-1-4-26(22)40-30(23)43(15-19-7-8-19)16-20-9-10-20/h2,5-6,11-14,19-20H,1,3-4,7-10,15-18H2,(H,41,44). The molecule has 6 nitrogen and oxygen atoms in total. The molecular formula is C33H32F6N4O2. The Balaban J connectivity index is 1.34. The summed E-state index contributed by atoms with van der Waals surface area (Å²) >= 11 is 0. The lowest BCUT2D eigenvalue weighted by molar-refractivity contribution is -0.143. The monoisotopic (exact) mass is 630 g/mol. The maximum Gasteiger partial charge on any atom is 0.417 e. The molecule has 2 saturated carbocycles. The molecule has 3 aliphatic rings. The Morgan fingerprint density at radius 2 is 1.51 bits per heavy atom. The molecule has 0 saturated heterocycles. The highest BCUT2D eigenvalue weighted by atomic mass is 19.4. The molecule has 12 heteroatoms. The zero-order valence-electron chi connectivity index (χ0n) is 24.4. The number of rotatable bonds is 10. The molecule has 2 fully saturated rings. The van der Waals surface area contributed by atoms with Crippen LogP contribution in [0.5, 0.6) is 0 Å². The minimum Gasteiger partial charge on any atom is -0.406 e. The SMILES string of the molecule is O=c1[nH]c2cccc(N(Cc3cc(C(F)(F)F)cc(C(F)(F)F)c3)Cc3cc4c(nc3N(CC3CC3)CC3CC3)CCC4)c2o1. The van der Waals surface area contributed by atoms with Crippen LogP contribution in [0.25, 0.3) is 11.1 Å². The van der Waals surface area contributed by atoms with E-state index < -0.39 is 29.2 Å². The number of oxazole rings is 1. The number of anilines is 2. The third kappa shape index (κ3) is 6.55. The number of pyridine rings is 1. The number of nitrogens with one attached hydrogen (secondary N) is 1. The van der Waals surface area contributed by atoms with Gasteiger partial charge in [-0.25, -0.2) is 9.78 Å². The lowest BCUT2D eigenvalue weighted by Gasteiger charge is -2.31. The molecule has 1 N–H and O–H groups in total. The molecule has 0 bridgehead atoms. The fraction of sp³-hybridized carbons (Fsp3) is 0.455. The van der Waals surface area contributed by atoms with Crippen molar-refractivity contribution in [2.75, 3.05) is 22.9 Å². The van der Waals surface area contributed by atoms with Gasteiger partial charge in [-0.2, -0.15) is 26.3 Å². The van der Waals surface area contributed by atoms with E-state index in [1.807, 2.05) is 0 Å². The van der Waals surface area contributed by atoms with Crippen molar-refractivity contribution in [2.45, 2.75) is 70.4 Å². The van der Waals surface area contributed by atoms with Crippen LogP contribution in [0.1, 0.15) is 65.6 Å². The Morgan fingerprint density at radius 1 is 0.844 bits per heavy atom. The van der Waals surface area contributed by atoms with Crippen LogP contribution in [-0.4, -0.2) is 23.1 Å². The molecule has 0 aliphatic heterocycles. The second kappa shape index (κ2) is 11.1. The predicted molar refractivity (Wildman–Crippen MR) is 157 cm³/mol. The lowest BCUT2D eigenvalue weighted by Crippen LogP contribution is -2.32. The highest BCUT2D eigenvalue weighted by molar-refractivity contribution is 5.86. The van der Waals surface area contributed by atoms with Crippen molar-refractivity contribution in [2.24, 2.45) is 11.8 Å². The van der Waals surface area contributed by atoms with Crippen LogP contribution < -0.4 is 15.6 Å². The van der Waals surface area contributed by atoms with Crippen LogP contribution in [0.4, 0.5) is 37.8 Å². The summed E-state index contributed by atoms with van der Waals surface area (Å²) in [6.07, 6.45) is -2.65. The highest BCUT2D eigenvalue weighted by Gasteiger charge is 2.37. The molecule has 2 aromatic carbocycles. The molecular weight excluding hydrogens is 598 g/mol. The summed E-state index contributed by atoms with van der Waals surface area (Å²) in [5.74, 6) is 1.27. The Kier molecular flexibility index (Phi) is 7.36. The molecule has 0 atom stereocenters. The number of aryl methyl sites for hydroxylation is 2. The fourth-order valence-corrected chi connectivity index (χ4v) is 6.34. The number of nitrogens with zero attached hydrogens (tertiary/aromatic N) is 3. The van der Waals surface area contributed by atoms with Gasteiger partial charge in [0, 0.05) is 37.4 Å². The number of H-pyrrole nitrogens is 1. The topological polar surface area (TPSA) is 65.4 Å². The largest absolute Gasteiger partial charge is 0.417 e. The summed E-state index contributed by atoms with van der Waals surface area (Å²) < 4.78 is 88.2. The van der Waals surface area contributed by atoms with Gasteiger partial charge in [0.05, 0.1) is 22.3 Å². The molecule has 0 amide bonds. The van der Waals surface area contributed by atoms with E-state index in [2.05, 4.69) is 16.0 Å². The number of benzene rings is 2. The number of para-hydroxylation sites is 1. The Bertz CT molecular complexity index is 1740. The molecule has 45 heavy (non-hydrogen) atoms. The van der Waals surface area contributed by atoms with Gasteiger partial charge in [0.1, 0.15) is 5.82 Å². The minimum atomic E-state index is -4.97. The van der Waals surface area contributed by atoms with Crippen LogP contribution in [0.2, 0.25) is 0 Å². The third-order valence-corrected chi connectivity index (χ3v) is 8.91. The first-order valence-electron chi connectivity index (χ1n) is 15.3. The van der Waals surface area contributed by atoms with Crippen LogP contribution in [0.3, 0.4) is 0 Å². The van der Waals surface area contributed by atoms with Gasteiger partial charge in [-0.1, -0.05) is 6.07 Å². The molecule has 2 aromatic heterocycles. The summed E-state index contributed by atoms with van der Waals surface area (Å²) in [4.78, 5) is 23.9. The molecule has 2 heterocycles. The molecule has 0 unspecified atom stereocenters. The summed E-state index contributed by atoms with van der Waals surface area (Å²) in [7, 11) is 0. The molecule has 4 aromatic rings. The van der Waals surface area contributed by atoms with E-state index in [4.69, 9.17) is 9.40 Å². The van der Waals surface area contributed by atoms with E-state index in [1.165, 1.54) is 0 Å². The summed E-state index contributed by atoms with van der Waals surface area (Å²) in [6.45, 7) is 1.55. The van der Waals surface area contributed by atoms with Gasteiger partial charge in [0.15, 0.2) is 5.58 Å². The Hall–Kier alpha value is -3.96. The summed E-state index contributed by atoms with van der Waals surface area (Å²) in [6, 6.07) is 8.69. The number of hydrogen-bond donors (Lipinski definition) is 1. The molecule has 0 spiro atoms. The number of aromatic amines is 1. The maximum absolute atomic E-state index is 13.8. The number of halogens is 6. The number of fused-ring (bicyclic) bond motifs is 2. The van der Waals surface area contributed by atoms with Crippen LogP contribution >= 0.6 is 0 Å². The average molecular weight is 631 g/mol. The smallest absolute Gasteiger partial charge is 0.406 e. The van der Waals surface area contributed by atoms with Crippen molar-refractivity contribution in [3.63, 3.8) is 0 Å². The highest BCUT2D eigenvalue weighted by Crippen LogP contribution is 2.40. The minimum absolute atomic E-state index is 0.132. The van der Waals surface area contributed by atoms with Gasteiger partial charge in [-0.05, 0) is 104 Å². The Morgan fingerprint density at radius 3 is 2.13 bits per heavy atom. The van der Waals surface area contributed by atoms with E-state index >= 15 is 0 Å². The van der Waals surface area contributed by atoms with E-state index in [-0.39, 0.29) is 30.3 Å². The first-order valence-corrected chi connectivity index (χ1v) is 15.3. The summed E-state index contributed by atoms with van der Waals surface area (Å²) in [5, 5.41) is 0. The zero-order chi connectivity index (χ0) is 31.5.